The lowest BCUT2D eigenvalue weighted by molar-refractivity contribution is -0.117. The average Bonchev–Trinajstić information content (AvgIpc) is 3.04. The van der Waals surface area contributed by atoms with Crippen LogP contribution in [-0.2, 0) is 4.79 Å². The molecule has 0 radical (unpaired) electrons. The molecule has 2 aromatic heterocycles. The van der Waals surface area contributed by atoms with Gasteiger partial charge in [-0.3, -0.25) is 4.79 Å². The number of carboxylic acid groups (broad SMARTS) is 1. The molecule has 2 heterocycles. The van der Waals surface area contributed by atoms with Crippen LogP contribution in [0, 0.1) is 0 Å². The number of anilines is 2. The van der Waals surface area contributed by atoms with Gasteiger partial charge in [0.15, 0.2) is 5.65 Å². The van der Waals surface area contributed by atoms with Crippen LogP contribution in [-0.4, -0.2) is 46.8 Å². The summed E-state index contributed by atoms with van der Waals surface area (Å²) >= 11 is 1.16. The van der Waals surface area contributed by atoms with E-state index in [-0.39, 0.29) is 28.9 Å². The summed E-state index contributed by atoms with van der Waals surface area (Å²) in [5.74, 6) is -2.03. The Hall–Kier alpha value is -3.34. The van der Waals surface area contributed by atoms with Crippen molar-refractivity contribution in [3.63, 3.8) is 0 Å². The van der Waals surface area contributed by atoms with Gasteiger partial charge in [0, 0.05) is 5.69 Å². The maximum atomic E-state index is 12.7. The highest BCUT2D eigenvalue weighted by atomic mass is 32.2. The maximum absolute atomic E-state index is 12.7. The predicted molar refractivity (Wildman–Crippen MR) is 99.7 cm³/mol. The summed E-state index contributed by atoms with van der Waals surface area (Å²) in [4.78, 5) is 39.0. The molecule has 1 aromatic carbocycles. The fourth-order valence-corrected chi connectivity index (χ4v) is 3.27. The first-order valence-corrected chi connectivity index (χ1v) is 8.52. The van der Waals surface area contributed by atoms with Gasteiger partial charge >= 0.3 is 5.97 Å². The molecule has 3 aromatic rings. The highest BCUT2D eigenvalue weighted by molar-refractivity contribution is 8.01. The molecule has 0 fully saturated rings. The summed E-state index contributed by atoms with van der Waals surface area (Å²) in [6.07, 6.45) is 1.46. The number of carboxylic acids is 1. The molecule has 0 atom stereocenters. The van der Waals surface area contributed by atoms with Crippen LogP contribution in [0.15, 0.2) is 29.6 Å². The van der Waals surface area contributed by atoms with Crippen molar-refractivity contribution in [2.75, 3.05) is 11.1 Å². The average molecular weight is 388 g/mol. The van der Waals surface area contributed by atoms with E-state index in [2.05, 4.69) is 25.3 Å². The number of aromatic hydroxyl groups is 1. The molecule has 140 valence electrons. The van der Waals surface area contributed by atoms with Gasteiger partial charge in [0.25, 0.3) is 0 Å². The predicted octanol–water partition coefficient (Wildman–Crippen LogP) is 1.85. The number of aromatic carboxylic acids is 1. The summed E-state index contributed by atoms with van der Waals surface area (Å²) in [6.45, 7) is 3.37. The molecule has 0 aliphatic heterocycles. The van der Waals surface area contributed by atoms with Crippen LogP contribution in [0.25, 0.3) is 11.2 Å². The van der Waals surface area contributed by atoms with Crippen molar-refractivity contribution >= 4 is 46.4 Å². The summed E-state index contributed by atoms with van der Waals surface area (Å²) in [5, 5.41) is 21.8. The van der Waals surface area contributed by atoms with E-state index < -0.39 is 10.7 Å². The molecule has 10 nitrogen and oxygen atoms in total. The molecule has 0 saturated heterocycles. The topological polar surface area (TPSA) is 167 Å². The molecule has 11 heteroatoms. The van der Waals surface area contributed by atoms with E-state index in [0.29, 0.717) is 16.2 Å². The first-order valence-electron chi connectivity index (χ1n) is 7.71. The number of imidazole rings is 1. The highest BCUT2D eigenvalue weighted by Crippen LogP contribution is 2.35. The monoisotopic (exact) mass is 388 g/mol. The Bertz CT molecular complexity index is 1050. The van der Waals surface area contributed by atoms with Crippen LogP contribution in [0.5, 0.6) is 5.75 Å². The van der Waals surface area contributed by atoms with Crippen molar-refractivity contribution in [3.8, 4) is 5.75 Å². The second-order valence-corrected chi connectivity index (χ2v) is 7.70. The third-order valence-electron chi connectivity index (χ3n) is 3.65. The second-order valence-electron chi connectivity index (χ2n) is 6.09. The maximum Gasteiger partial charge on any atom is 0.339 e. The van der Waals surface area contributed by atoms with Crippen LogP contribution < -0.4 is 11.1 Å². The van der Waals surface area contributed by atoms with Gasteiger partial charge < -0.3 is 26.2 Å². The summed E-state index contributed by atoms with van der Waals surface area (Å²) in [5.41, 5.74) is 6.59. The number of carbonyl (C=O) groups excluding carboxylic acids is 1. The van der Waals surface area contributed by atoms with Crippen molar-refractivity contribution < 1.29 is 19.8 Å². The fraction of sp³-hybridized carbons (Fsp3) is 0.188. The number of hydrogen-bond acceptors (Lipinski definition) is 8. The molecule has 1 amide bonds. The summed E-state index contributed by atoms with van der Waals surface area (Å²) < 4.78 is -0.986. The van der Waals surface area contributed by atoms with Gasteiger partial charge in [0.1, 0.15) is 21.9 Å². The number of hydrogen-bond donors (Lipinski definition) is 5. The van der Waals surface area contributed by atoms with Gasteiger partial charge in [0.2, 0.25) is 11.9 Å². The van der Waals surface area contributed by atoms with Crippen molar-refractivity contribution in [3.05, 3.63) is 30.1 Å². The van der Waals surface area contributed by atoms with Gasteiger partial charge in [-0.25, -0.2) is 14.8 Å². The van der Waals surface area contributed by atoms with Crippen molar-refractivity contribution in [2.45, 2.75) is 23.6 Å². The van der Waals surface area contributed by atoms with E-state index >= 15 is 0 Å². The van der Waals surface area contributed by atoms with Gasteiger partial charge in [-0.05, 0) is 32.0 Å². The Morgan fingerprint density at radius 3 is 2.74 bits per heavy atom. The number of thioether (sulfide) groups is 1. The number of benzene rings is 1. The first kappa shape index (κ1) is 18.5. The number of amides is 1. The number of aromatic nitrogens is 4. The van der Waals surface area contributed by atoms with Gasteiger partial charge in [-0.2, -0.15) is 4.98 Å². The number of phenols is 1. The number of aromatic amines is 1. The number of rotatable bonds is 5. The lowest BCUT2D eigenvalue weighted by Gasteiger charge is -2.23. The Morgan fingerprint density at radius 1 is 1.30 bits per heavy atom. The fourth-order valence-electron chi connectivity index (χ4n) is 2.25. The minimum absolute atomic E-state index is 0.0398. The van der Waals surface area contributed by atoms with Crippen LogP contribution in [0.2, 0.25) is 0 Å². The van der Waals surface area contributed by atoms with Crippen molar-refractivity contribution in [1.82, 2.24) is 19.9 Å². The van der Waals surface area contributed by atoms with Crippen LogP contribution in [0.4, 0.5) is 11.6 Å². The number of nitrogens with zero attached hydrogens (tertiary/aromatic N) is 3. The number of H-pyrrole nitrogens is 1. The lowest BCUT2D eigenvalue weighted by atomic mass is 10.1. The second kappa shape index (κ2) is 6.76. The van der Waals surface area contributed by atoms with Crippen molar-refractivity contribution in [2.24, 2.45) is 0 Å². The number of nitrogens with two attached hydrogens (primary N) is 1. The molecular weight excluding hydrogens is 372 g/mol. The number of nitrogens with one attached hydrogen (secondary N) is 2. The third kappa shape index (κ3) is 3.77. The largest absolute Gasteiger partial charge is 0.507 e. The normalized spacial score (nSPS) is 11.5. The lowest BCUT2D eigenvalue weighted by Crippen LogP contribution is -2.34. The smallest absolute Gasteiger partial charge is 0.339 e. The Kier molecular flexibility index (Phi) is 4.62. The molecule has 0 bridgehead atoms. The molecule has 0 saturated carbocycles. The standard InChI is InChI=1S/C16H16N6O4S/c1-16(2,27-12-10-11(19-6-18-10)21-15(17)22-12)14(26)20-7-3-4-9(23)8(5-7)13(24)25/h3-6,23H,1-2H3,(H,20,26)(H,24,25)(H3,17,18,19,21,22). The zero-order valence-electron chi connectivity index (χ0n) is 14.3. The summed E-state index contributed by atoms with van der Waals surface area (Å²) in [7, 11) is 0. The SMILES string of the molecule is CC(C)(Sc1nc(N)nc2nc[nH]c12)C(=O)Nc1ccc(O)c(C(=O)O)c1. The third-order valence-corrected chi connectivity index (χ3v) is 4.84. The van der Waals surface area contributed by atoms with Gasteiger partial charge in [0.05, 0.1) is 11.1 Å². The Morgan fingerprint density at radius 2 is 2.04 bits per heavy atom. The van der Waals surface area contributed by atoms with E-state index in [4.69, 9.17) is 10.8 Å². The highest BCUT2D eigenvalue weighted by Gasteiger charge is 2.31. The van der Waals surface area contributed by atoms with E-state index in [1.165, 1.54) is 24.5 Å². The number of fused-ring (bicyclic) bond motifs is 1. The molecule has 0 aliphatic rings. The number of carbonyl (C=O) groups is 2. The van der Waals surface area contributed by atoms with E-state index in [1.54, 1.807) is 13.8 Å². The zero-order chi connectivity index (χ0) is 19.8. The van der Waals surface area contributed by atoms with Crippen molar-refractivity contribution in [1.29, 1.82) is 0 Å². The van der Waals surface area contributed by atoms with Gasteiger partial charge in [-0.15, -0.1) is 0 Å². The molecular formula is C16H16N6O4S. The molecule has 27 heavy (non-hydrogen) atoms. The summed E-state index contributed by atoms with van der Waals surface area (Å²) in [6, 6.07) is 3.81. The zero-order valence-corrected chi connectivity index (χ0v) is 15.2. The molecule has 6 N–H and O–H groups in total. The minimum atomic E-state index is -1.30. The van der Waals surface area contributed by atoms with E-state index in [0.717, 1.165) is 11.8 Å². The molecule has 0 unspecified atom stereocenters. The Balaban J connectivity index is 1.84. The molecule has 0 spiro atoms. The van der Waals surface area contributed by atoms with Crippen LogP contribution >= 0.6 is 11.8 Å². The van der Waals surface area contributed by atoms with Crippen LogP contribution in [0.1, 0.15) is 24.2 Å². The van der Waals surface area contributed by atoms with E-state index in [1.807, 2.05) is 0 Å². The molecule has 3 rings (SSSR count). The molecule has 0 aliphatic carbocycles. The Labute approximate surface area is 157 Å². The van der Waals surface area contributed by atoms with E-state index in [9.17, 15) is 14.7 Å². The minimum Gasteiger partial charge on any atom is -0.507 e. The van der Waals surface area contributed by atoms with Crippen LogP contribution in [0.3, 0.4) is 0 Å². The van der Waals surface area contributed by atoms with Gasteiger partial charge in [-0.1, -0.05) is 11.8 Å². The first-order chi connectivity index (χ1) is 12.7. The quantitative estimate of drug-likeness (QED) is 0.249. The number of nitrogen functional groups attached to an aromatic ring is 1.